The summed E-state index contributed by atoms with van der Waals surface area (Å²) in [6.45, 7) is 5.01. The standard InChI is InChI=1S/C13H23N5O2S/c1-20-9-5-16-13-17-11(14)10(21-13)12(19)15-4-8-18-6-2-3-7-18/h2-9,14H2,1H3,(H,15,19)(H,16,17). The smallest absolute Gasteiger partial charge is 0.265 e. The van der Waals surface area contributed by atoms with Gasteiger partial charge in [0.05, 0.1) is 6.61 Å². The Morgan fingerprint density at radius 2 is 2.19 bits per heavy atom. The van der Waals surface area contributed by atoms with Gasteiger partial charge >= 0.3 is 0 Å². The monoisotopic (exact) mass is 313 g/mol. The molecular formula is C13H23N5O2S. The van der Waals surface area contributed by atoms with Gasteiger partial charge in [-0.05, 0) is 25.9 Å². The van der Waals surface area contributed by atoms with Crippen LogP contribution in [0.4, 0.5) is 10.9 Å². The average Bonchev–Trinajstić information content (AvgIpc) is 3.09. The number of carbonyl (C=O) groups excluding carboxylic acids is 1. The maximum atomic E-state index is 12.1. The fourth-order valence-electron chi connectivity index (χ4n) is 2.24. The largest absolute Gasteiger partial charge is 0.383 e. The predicted molar refractivity (Wildman–Crippen MR) is 84.9 cm³/mol. The molecule has 0 radical (unpaired) electrons. The second-order valence-corrected chi connectivity index (χ2v) is 5.96. The molecular weight excluding hydrogens is 290 g/mol. The molecule has 1 aromatic heterocycles. The van der Waals surface area contributed by atoms with E-state index in [0.29, 0.717) is 29.7 Å². The van der Waals surface area contributed by atoms with E-state index in [1.54, 1.807) is 7.11 Å². The van der Waals surface area contributed by atoms with Crippen molar-refractivity contribution in [2.75, 3.05) is 57.5 Å². The fourth-order valence-corrected chi connectivity index (χ4v) is 3.07. The molecule has 1 aliphatic rings. The Balaban J connectivity index is 1.78. The quantitative estimate of drug-likeness (QED) is 0.609. The van der Waals surface area contributed by atoms with Crippen molar-refractivity contribution < 1.29 is 9.53 Å². The molecule has 0 aliphatic carbocycles. The fraction of sp³-hybridized carbons (Fsp3) is 0.692. The molecule has 0 aromatic carbocycles. The zero-order valence-corrected chi connectivity index (χ0v) is 13.2. The predicted octanol–water partition coefficient (Wildman–Crippen LogP) is 0.609. The number of nitrogens with one attached hydrogen (secondary N) is 2. The minimum Gasteiger partial charge on any atom is -0.383 e. The van der Waals surface area contributed by atoms with Gasteiger partial charge in [0.25, 0.3) is 5.91 Å². The number of nitrogens with two attached hydrogens (primary N) is 1. The van der Waals surface area contributed by atoms with Crippen molar-refractivity contribution in [3.8, 4) is 0 Å². The molecule has 0 unspecified atom stereocenters. The lowest BCUT2D eigenvalue weighted by Gasteiger charge is -2.14. The van der Waals surface area contributed by atoms with Gasteiger partial charge in [0.1, 0.15) is 10.7 Å². The summed E-state index contributed by atoms with van der Waals surface area (Å²) in [4.78, 5) is 19.1. The van der Waals surface area contributed by atoms with Crippen LogP contribution in [0, 0.1) is 0 Å². The number of nitrogens with zero attached hydrogens (tertiary/aromatic N) is 2. The first kappa shape index (κ1) is 16.0. The molecule has 0 spiro atoms. The van der Waals surface area contributed by atoms with Crippen molar-refractivity contribution in [1.29, 1.82) is 0 Å². The molecule has 1 saturated heterocycles. The van der Waals surface area contributed by atoms with Gasteiger partial charge in [0, 0.05) is 26.7 Å². The number of anilines is 2. The van der Waals surface area contributed by atoms with Gasteiger partial charge in [-0.25, -0.2) is 4.98 Å². The highest BCUT2D eigenvalue weighted by molar-refractivity contribution is 7.18. The first-order valence-electron chi connectivity index (χ1n) is 7.20. The lowest BCUT2D eigenvalue weighted by atomic mass is 10.4. The Kier molecular flexibility index (Phi) is 6.21. The van der Waals surface area contributed by atoms with E-state index in [4.69, 9.17) is 10.5 Å². The van der Waals surface area contributed by atoms with Gasteiger partial charge in [0.2, 0.25) is 0 Å². The zero-order valence-electron chi connectivity index (χ0n) is 12.4. The van der Waals surface area contributed by atoms with E-state index in [0.717, 1.165) is 19.6 Å². The molecule has 118 valence electrons. The van der Waals surface area contributed by atoms with Crippen molar-refractivity contribution in [2.24, 2.45) is 0 Å². The van der Waals surface area contributed by atoms with Gasteiger partial charge in [0.15, 0.2) is 5.13 Å². The van der Waals surface area contributed by atoms with Crippen LogP contribution in [-0.2, 0) is 4.74 Å². The Hall–Kier alpha value is -1.38. The third kappa shape index (κ3) is 4.83. The van der Waals surface area contributed by atoms with E-state index >= 15 is 0 Å². The number of hydrogen-bond acceptors (Lipinski definition) is 7. The first-order valence-corrected chi connectivity index (χ1v) is 8.02. The number of likely N-dealkylation sites (tertiary alicyclic amines) is 1. The summed E-state index contributed by atoms with van der Waals surface area (Å²) in [6, 6.07) is 0. The number of nitrogen functional groups attached to an aromatic ring is 1. The minimum absolute atomic E-state index is 0.149. The summed E-state index contributed by atoms with van der Waals surface area (Å²) < 4.78 is 4.95. The number of rotatable bonds is 8. The number of carbonyl (C=O) groups is 1. The molecule has 1 fully saturated rings. The van der Waals surface area contributed by atoms with E-state index in [1.165, 1.54) is 24.2 Å². The lowest BCUT2D eigenvalue weighted by molar-refractivity contribution is 0.0954. The van der Waals surface area contributed by atoms with Crippen LogP contribution < -0.4 is 16.4 Å². The molecule has 2 rings (SSSR count). The highest BCUT2D eigenvalue weighted by atomic mass is 32.1. The molecule has 1 aliphatic heterocycles. The van der Waals surface area contributed by atoms with Crippen molar-refractivity contribution in [1.82, 2.24) is 15.2 Å². The Bertz CT molecular complexity index is 459. The topological polar surface area (TPSA) is 92.5 Å². The van der Waals surface area contributed by atoms with Crippen LogP contribution in [-0.4, -0.2) is 62.2 Å². The molecule has 1 aromatic rings. The average molecular weight is 313 g/mol. The Morgan fingerprint density at radius 3 is 2.90 bits per heavy atom. The third-order valence-corrected chi connectivity index (χ3v) is 4.38. The van der Waals surface area contributed by atoms with Crippen LogP contribution in [0.1, 0.15) is 22.5 Å². The minimum atomic E-state index is -0.149. The van der Waals surface area contributed by atoms with E-state index < -0.39 is 0 Å². The third-order valence-electron chi connectivity index (χ3n) is 3.35. The maximum Gasteiger partial charge on any atom is 0.265 e. The number of methoxy groups -OCH3 is 1. The van der Waals surface area contributed by atoms with E-state index in [1.807, 2.05) is 0 Å². The van der Waals surface area contributed by atoms with Crippen molar-refractivity contribution in [3.63, 3.8) is 0 Å². The number of ether oxygens (including phenoxy) is 1. The first-order chi connectivity index (χ1) is 10.2. The molecule has 0 atom stereocenters. The summed E-state index contributed by atoms with van der Waals surface area (Å²) >= 11 is 1.27. The van der Waals surface area contributed by atoms with Crippen LogP contribution in [0.25, 0.3) is 0 Å². The molecule has 8 heteroatoms. The van der Waals surface area contributed by atoms with Gasteiger partial charge in [-0.2, -0.15) is 0 Å². The summed E-state index contributed by atoms with van der Waals surface area (Å²) in [5, 5.41) is 6.63. The van der Waals surface area contributed by atoms with Crippen LogP contribution >= 0.6 is 11.3 Å². The molecule has 0 bridgehead atoms. The number of hydrogen-bond donors (Lipinski definition) is 3. The van der Waals surface area contributed by atoms with Crippen LogP contribution in [0.15, 0.2) is 0 Å². The van der Waals surface area contributed by atoms with Crippen LogP contribution in [0.2, 0.25) is 0 Å². The molecule has 4 N–H and O–H groups in total. The van der Waals surface area contributed by atoms with Crippen LogP contribution in [0.5, 0.6) is 0 Å². The van der Waals surface area contributed by atoms with Crippen molar-refractivity contribution in [3.05, 3.63) is 4.88 Å². The van der Waals surface area contributed by atoms with Gasteiger partial charge in [-0.1, -0.05) is 11.3 Å². The SMILES string of the molecule is COCCNc1nc(N)c(C(=O)NCCN2CCCC2)s1. The highest BCUT2D eigenvalue weighted by Gasteiger charge is 2.16. The summed E-state index contributed by atoms with van der Waals surface area (Å²) in [5.74, 6) is 0.127. The summed E-state index contributed by atoms with van der Waals surface area (Å²) in [6.07, 6.45) is 2.51. The molecule has 1 amide bonds. The zero-order chi connectivity index (χ0) is 15.1. The van der Waals surface area contributed by atoms with E-state index in [9.17, 15) is 4.79 Å². The normalized spacial score (nSPS) is 15.3. The van der Waals surface area contributed by atoms with Gasteiger partial charge in [-0.3, -0.25) is 4.79 Å². The summed E-state index contributed by atoms with van der Waals surface area (Å²) in [7, 11) is 1.64. The Morgan fingerprint density at radius 1 is 1.43 bits per heavy atom. The lowest BCUT2D eigenvalue weighted by Crippen LogP contribution is -2.33. The van der Waals surface area contributed by atoms with Crippen molar-refractivity contribution in [2.45, 2.75) is 12.8 Å². The maximum absolute atomic E-state index is 12.1. The van der Waals surface area contributed by atoms with Crippen molar-refractivity contribution >= 4 is 28.2 Å². The molecule has 2 heterocycles. The van der Waals surface area contributed by atoms with E-state index in [2.05, 4.69) is 20.5 Å². The van der Waals surface area contributed by atoms with Gasteiger partial charge < -0.3 is 26.0 Å². The Labute approximate surface area is 128 Å². The van der Waals surface area contributed by atoms with Gasteiger partial charge in [-0.15, -0.1) is 0 Å². The highest BCUT2D eigenvalue weighted by Crippen LogP contribution is 2.24. The number of thiazole rings is 1. The molecule has 21 heavy (non-hydrogen) atoms. The summed E-state index contributed by atoms with van der Waals surface area (Å²) in [5.41, 5.74) is 5.80. The second-order valence-electron chi connectivity index (χ2n) is 4.96. The van der Waals surface area contributed by atoms with Crippen LogP contribution in [0.3, 0.4) is 0 Å². The molecule has 7 nitrogen and oxygen atoms in total. The van der Waals surface area contributed by atoms with E-state index in [-0.39, 0.29) is 11.7 Å². The second kappa shape index (κ2) is 8.16. The number of aromatic nitrogens is 1. The molecule has 0 saturated carbocycles. The number of amides is 1.